The first-order valence-corrected chi connectivity index (χ1v) is 17.7. The standard InChI is InChI=1S/C33H41ClN2O5S/c34-25-11-13-27-22(16-25)6-3-15-33(27)19-36-18-24-9-12-26(24)29(37)7-1-4-21-5-2-8-31(21)42(39,40)35-32(38)23-10-14-30(41-20-33)28(36)17-23/h10-11,13-14,16-17,21,24,26,29,31,37H,1-9,12,15,18-20H2,(H,35,38)/t21-,24+,26-,29+,31-,33+/m1/s1. The molecule has 0 saturated heterocycles. The fraction of sp³-hybridized carbons (Fsp3) is 0.606. The molecule has 226 valence electrons. The molecule has 9 heteroatoms. The second-order valence-electron chi connectivity index (χ2n) is 13.5. The summed E-state index contributed by atoms with van der Waals surface area (Å²) in [5.74, 6) is 0.729. The predicted molar refractivity (Wildman–Crippen MR) is 164 cm³/mol. The summed E-state index contributed by atoms with van der Waals surface area (Å²) in [6.45, 7) is 2.00. The van der Waals surface area contributed by atoms with Crippen molar-refractivity contribution in [1.29, 1.82) is 0 Å². The second kappa shape index (κ2) is 11.0. The zero-order valence-corrected chi connectivity index (χ0v) is 25.6. The Morgan fingerprint density at radius 2 is 1.81 bits per heavy atom. The molecule has 0 aromatic heterocycles. The molecule has 2 aliphatic heterocycles. The number of aliphatic hydroxyl groups is 1. The van der Waals surface area contributed by atoms with Crippen molar-refractivity contribution in [3.8, 4) is 5.75 Å². The molecule has 7 rings (SSSR count). The molecule has 2 aromatic carbocycles. The van der Waals surface area contributed by atoms with Gasteiger partial charge in [-0.3, -0.25) is 4.79 Å². The number of fused-ring (bicyclic) bond motifs is 5. The number of hydrogen-bond acceptors (Lipinski definition) is 6. The Bertz CT molecular complexity index is 1480. The predicted octanol–water partition coefficient (Wildman–Crippen LogP) is 5.61. The number of ether oxygens (including phenoxy) is 1. The SMILES string of the molecule is O=C1NS(=O)(=O)[C@@H]2CCC[C@H]2CCC[C@H](O)[C@@H]2CC[C@H]2CN2C[C@@]3(CCCc4cc(Cl)ccc43)COc3ccc1cc32. The Hall–Kier alpha value is -2.29. The molecule has 6 atom stereocenters. The molecule has 0 radical (unpaired) electrons. The molecule has 2 N–H and O–H groups in total. The van der Waals surface area contributed by atoms with Crippen molar-refractivity contribution < 1.29 is 23.1 Å². The third-order valence-electron chi connectivity index (χ3n) is 11.0. The lowest BCUT2D eigenvalue weighted by molar-refractivity contribution is 0.00853. The van der Waals surface area contributed by atoms with Gasteiger partial charge in [-0.05, 0) is 117 Å². The minimum atomic E-state index is -3.83. The van der Waals surface area contributed by atoms with E-state index in [4.69, 9.17) is 16.3 Å². The first-order valence-electron chi connectivity index (χ1n) is 15.8. The second-order valence-corrected chi connectivity index (χ2v) is 15.8. The maximum Gasteiger partial charge on any atom is 0.264 e. The number of carbonyl (C=O) groups is 1. The molecule has 1 amide bonds. The molecule has 1 spiro atoms. The Labute approximate surface area is 254 Å². The number of nitrogens with zero attached hydrogens (tertiary/aromatic N) is 1. The van der Waals surface area contributed by atoms with Crippen LogP contribution in [0.1, 0.15) is 85.7 Å². The van der Waals surface area contributed by atoms with E-state index in [1.54, 1.807) is 6.07 Å². The van der Waals surface area contributed by atoms with Crippen LogP contribution in [0.3, 0.4) is 0 Å². The number of aliphatic hydroxyl groups excluding tert-OH is 1. The van der Waals surface area contributed by atoms with E-state index in [9.17, 15) is 18.3 Å². The third-order valence-corrected chi connectivity index (χ3v) is 13.1. The smallest absolute Gasteiger partial charge is 0.264 e. The normalized spacial score (nSPS) is 34.2. The number of nitrogens with one attached hydrogen (secondary N) is 1. The minimum Gasteiger partial charge on any atom is -0.490 e. The van der Waals surface area contributed by atoms with Crippen molar-refractivity contribution in [3.63, 3.8) is 0 Å². The average Bonchev–Trinajstić information content (AvgIpc) is 3.37. The van der Waals surface area contributed by atoms with E-state index in [0.717, 1.165) is 81.6 Å². The van der Waals surface area contributed by atoms with Gasteiger partial charge in [-0.25, -0.2) is 13.1 Å². The van der Waals surface area contributed by atoms with Crippen LogP contribution in [0.4, 0.5) is 5.69 Å². The van der Waals surface area contributed by atoms with Crippen molar-refractivity contribution in [1.82, 2.24) is 4.72 Å². The van der Waals surface area contributed by atoms with Gasteiger partial charge >= 0.3 is 0 Å². The fourth-order valence-corrected chi connectivity index (χ4v) is 10.7. The quantitative estimate of drug-likeness (QED) is 0.401. The van der Waals surface area contributed by atoms with Crippen molar-refractivity contribution in [3.05, 3.63) is 58.1 Å². The highest BCUT2D eigenvalue weighted by molar-refractivity contribution is 7.90. The largest absolute Gasteiger partial charge is 0.490 e. The van der Waals surface area contributed by atoms with Gasteiger partial charge in [0.05, 0.1) is 23.6 Å². The van der Waals surface area contributed by atoms with Crippen molar-refractivity contribution >= 4 is 33.2 Å². The zero-order valence-electron chi connectivity index (χ0n) is 24.1. The summed E-state index contributed by atoms with van der Waals surface area (Å²) >= 11 is 6.40. The zero-order chi connectivity index (χ0) is 29.1. The van der Waals surface area contributed by atoms with Crippen LogP contribution in [0.15, 0.2) is 36.4 Å². The van der Waals surface area contributed by atoms with Gasteiger partial charge in [0.25, 0.3) is 5.91 Å². The Kier molecular flexibility index (Phi) is 7.47. The van der Waals surface area contributed by atoms with Crippen molar-refractivity contribution in [2.75, 3.05) is 24.6 Å². The molecule has 2 aromatic rings. The van der Waals surface area contributed by atoms with E-state index in [-0.39, 0.29) is 23.4 Å². The summed E-state index contributed by atoms with van der Waals surface area (Å²) in [6, 6.07) is 11.5. The fourth-order valence-electron chi connectivity index (χ4n) is 8.68. The number of benzene rings is 2. The number of rotatable bonds is 0. The Morgan fingerprint density at radius 1 is 0.976 bits per heavy atom. The third kappa shape index (κ3) is 5.11. The van der Waals surface area contributed by atoms with E-state index in [1.807, 2.05) is 18.2 Å². The number of carbonyl (C=O) groups excluding carboxylic acids is 1. The summed E-state index contributed by atoms with van der Waals surface area (Å²) in [5, 5.41) is 11.5. The highest BCUT2D eigenvalue weighted by Crippen LogP contribution is 2.47. The molecule has 3 aliphatic carbocycles. The molecule has 2 bridgehead atoms. The summed E-state index contributed by atoms with van der Waals surface area (Å²) in [4.78, 5) is 15.8. The van der Waals surface area contributed by atoms with E-state index in [0.29, 0.717) is 36.7 Å². The molecular formula is C33H41ClN2O5S. The highest BCUT2D eigenvalue weighted by atomic mass is 35.5. The number of aryl methyl sites for hydroxylation is 1. The summed E-state index contributed by atoms with van der Waals surface area (Å²) < 4.78 is 35.8. The van der Waals surface area contributed by atoms with Crippen LogP contribution in [0.5, 0.6) is 5.75 Å². The van der Waals surface area contributed by atoms with Crippen LogP contribution in [0.2, 0.25) is 5.02 Å². The van der Waals surface area contributed by atoms with Crippen LogP contribution in [0.25, 0.3) is 0 Å². The summed E-state index contributed by atoms with van der Waals surface area (Å²) in [6.07, 6.45) is 9.24. The van der Waals surface area contributed by atoms with E-state index in [2.05, 4.69) is 21.8 Å². The van der Waals surface area contributed by atoms with E-state index >= 15 is 0 Å². The first kappa shape index (κ1) is 28.5. The van der Waals surface area contributed by atoms with Crippen molar-refractivity contribution in [2.45, 2.75) is 87.4 Å². The Morgan fingerprint density at radius 3 is 2.62 bits per heavy atom. The van der Waals surface area contributed by atoms with Gasteiger partial charge in [-0.2, -0.15) is 0 Å². The lowest BCUT2D eigenvalue weighted by atomic mass is 9.68. The molecular weight excluding hydrogens is 572 g/mol. The molecule has 7 nitrogen and oxygen atoms in total. The van der Waals surface area contributed by atoms with Crippen LogP contribution in [-0.4, -0.2) is 50.5 Å². The van der Waals surface area contributed by atoms with Gasteiger partial charge in [0.2, 0.25) is 10.0 Å². The maximum absolute atomic E-state index is 13.5. The number of anilines is 1. The number of hydrogen-bond donors (Lipinski definition) is 2. The molecule has 5 aliphatic rings. The monoisotopic (exact) mass is 612 g/mol. The van der Waals surface area contributed by atoms with Gasteiger partial charge in [0.15, 0.2) is 0 Å². The topological polar surface area (TPSA) is 95.9 Å². The number of amides is 1. The molecule has 2 heterocycles. The number of halogens is 1. The van der Waals surface area contributed by atoms with Gasteiger partial charge in [0.1, 0.15) is 5.75 Å². The van der Waals surface area contributed by atoms with Gasteiger partial charge < -0.3 is 14.7 Å². The van der Waals surface area contributed by atoms with E-state index in [1.165, 1.54) is 11.1 Å². The summed E-state index contributed by atoms with van der Waals surface area (Å²) in [7, 11) is -3.83. The van der Waals surface area contributed by atoms with E-state index < -0.39 is 21.2 Å². The molecule has 2 saturated carbocycles. The highest BCUT2D eigenvalue weighted by Gasteiger charge is 2.45. The minimum absolute atomic E-state index is 0.0213. The van der Waals surface area contributed by atoms with Crippen molar-refractivity contribution in [2.24, 2.45) is 17.8 Å². The van der Waals surface area contributed by atoms with Crippen LogP contribution < -0.4 is 14.4 Å². The average molecular weight is 613 g/mol. The van der Waals surface area contributed by atoms with Gasteiger partial charge in [-0.1, -0.05) is 30.5 Å². The number of sulfonamides is 1. The van der Waals surface area contributed by atoms with Crippen LogP contribution >= 0.6 is 11.6 Å². The lowest BCUT2D eigenvalue weighted by Crippen LogP contribution is -2.49. The summed E-state index contributed by atoms with van der Waals surface area (Å²) in [5.41, 5.74) is 3.45. The maximum atomic E-state index is 13.5. The molecule has 2 fully saturated rings. The first-order chi connectivity index (χ1) is 20.2. The Balaban J connectivity index is 1.28. The van der Waals surface area contributed by atoms with Crippen LogP contribution in [0, 0.1) is 17.8 Å². The molecule has 42 heavy (non-hydrogen) atoms. The van der Waals surface area contributed by atoms with Gasteiger partial charge in [0, 0.05) is 29.1 Å². The van der Waals surface area contributed by atoms with Crippen LogP contribution in [-0.2, 0) is 21.9 Å². The lowest BCUT2D eigenvalue weighted by Gasteiger charge is -2.46. The van der Waals surface area contributed by atoms with Gasteiger partial charge in [-0.15, -0.1) is 0 Å². The molecule has 0 unspecified atom stereocenters.